The van der Waals surface area contributed by atoms with Gasteiger partial charge in [-0.1, -0.05) is 27.0 Å². The second-order valence-corrected chi connectivity index (χ2v) is 12.4. The van der Waals surface area contributed by atoms with Crippen LogP contribution in [0.1, 0.15) is 41.6 Å². The first-order valence-electron chi connectivity index (χ1n) is 11.9. The number of carbonyl (C=O) groups is 1. The van der Waals surface area contributed by atoms with Gasteiger partial charge in [0.2, 0.25) is 5.89 Å². The number of primary amides is 1. The molecule has 5 rings (SSSR count). The summed E-state index contributed by atoms with van der Waals surface area (Å²) in [6.07, 6.45) is 1.56. The third-order valence-electron chi connectivity index (χ3n) is 7.36. The van der Waals surface area contributed by atoms with Crippen LogP contribution in [0, 0.1) is 6.92 Å². The predicted octanol–water partition coefficient (Wildman–Crippen LogP) is 4.01. The van der Waals surface area contributed by atoms with Crippen LogP contribution in [0.4, 0.5) is 5.69 Å². The van der Waals surface area contributed by atoms with Crippen LogP contribution >= 0.6 is 7.92 Å². The molecule has 0 radical (unpaired) electrons. The fraction of sp³-hybridized carbons (Fsp3) is 0.370. The van der Waals surface area contributed by atoms with E-state index < -0.39 is 5.91 Å². The molecule has 0 saturated carbocycles. The van der Waals surface area contributed by atoms with Crippen LogP contribution in [-0.2, 0) is 12.5 Å². The summed E-state index contributed by atoms with van der Waals surface area (Å²) in [4.78, 5) is 32.7. The Morgan fingerprint density at radius 3 is 2.51 bits per heavy atom. The molecule has 0 unspecified atom stereocenters. The Labute approximate surface area is 205 Å². The van der Waals surface area contributed by atoms with Crippen LogP contribution < -0.4 is 21.5 Å². The number of benzene rings is 2. The fourth-order valence-corrected chi connectivity index (χ4v) is 5.84. The number of amides is 1. The Balaban J connectivity index is 1.57. The maximum Gasteiger partial charge on any atom is 0.265 e. The van der Waals surface area contributed by atoms with Crippen molar-refractivity contribution in [2.75, 3.05) is 31.3 Å². The predicted molar refractivity (Wildman–Crippen MR) is 144 cm³/mol. The lowest BCUT2D eigenvalue weighted by Gasteiger charge is -2.39. The van der Waals surface area contributed by atoms with Gasteiger partial charge in [-0.2, -0.15) is 0 Å². The molecule has 1 saturated heterocycles. The minimum absolute atomic E-state index is 0.0645. The molecule has 182 valence electrons. The molecule has 1 fully saturated rings. The van der Waals surface area contributed by atoms with E-state index in [1.54, 1.807) is 7.05 Å². The zero-order chi connectivity index (χ0) is 25.1. The fourth-order valence-electron chi connectivity index (χ4n) is 5.08. The number of nitrogens with two attached hydrogens (primary N) is 1. The molecule has 1 aliphatic rings. The third-order valence-corrected chi connectivity index (χ3v) is 8.67. The van der Waals surface area contributed by atoms with Crippen molar-refractivity contribution in [1.82, 2.24) is 9.55 Å². The highest BCUT2D eigenvalue weighted by molar-refractivity contribution is 7.64. The first kappa shape index (κ1) is 23.6. The van der Waals surface area contributed by atoms with Crippen molar-refractivity contribution in [2.45, 2.75) is 32.1 Å². The van der Waals surface area contributed by atoms with E-state index in [1.165, 1.54) is 9.87 Å². The molecule has 2 aromatic carbocycles. The molecule has 0 aliphatic carbocycles. The molecule has 0 spiro atoms. The molecule has 1 amide bonds. The van der Waals surface area contributed by atoms with E-state index >= 15 is 0 Å². The number of hydrogen-bond donors (Lipinski definition) is 1. The van der Waals surface area contributed by atoms with Crippen LogP contribution in [0.2, 0.25) is 0 Å². The summed E-state index contributed by atoms with van der Waals surface area (Å²) in [7, 11) is 1.36. The molecule has 0 bridgehead atoms. The molecular weight excluding hydrogens is 459 g/mol. The van der Waals surface area contributed by atoms with Gasteiger partial charge in [0.15, 0.2) is 5.58 Å². The van der Waals surface area contributed by atoms with Gasteiger partial charge in [-0.3, -0.25) is 9.59 Å². The van der Waals surface area contributed by atoms with Gasteiger partial charge in [0.1, 0.15) is 11.1 Å². The highest BCUT2D eigenvalue weighted by Gasteiger charge is 2.38. The van der Waals surface area contributed by atoms with Crippen LogP contribution in [0.25, 0.3) is 22.0 Å². The number of anilines is 1. The summed E-state index contributed by atoms with van der Waals surface area (Å²) in [6.45, 7) is 9.94. The van der Waals surface area contributed by atoms with Crippen molar-refractivity contribution in [1.29, 1.82) is 0 Å². The van der Waals surface area contributed by atoms with E-state index in [1.807, 2.05) is 31.2 Å². The molecule has 2 aromatic heterocycles. The average molecular weight is 491 g/mol. The second-order valence-electron chi connectivity index (χ2n) is 10.1. The number of oxazole rings is 1. The van der Waals surface area contributed by atoms with E-state index in [0.29, 0.717) is 18.8 Å². The molecular formula is C27H31N4O3P. The highest BCUT2D eigenvalue weighted by Crippen LogP contribution is 2.40. The SMILES string of the molecule is Cc1ccc2oc(C3(C)CCN(c4c(C(N)=O)c(=O)n(C)c5ccc(P(C)C)cc45)CC3)nc2c1. The van der Waals surface area contributed by atoms with Crippen LogP contribution in [0.5, 0.6) is 0 Å². The van der Waals surface area contributed by atoms with Crippen LogP contribution in [0.3, 0.4) is 0 Å². The number of nitrogens with zero attached hydrogens (tertiary/aromatic N) is 3. The normalized spacial score (nSPS) is 15.9. The molecule has 8 heteroatoms. The molecule has 35 heavy (non-hydrogen) atoms. The van der Waals surface area contributed by atoms with Gasteiger partial charge in [0.25, 0.3) is 11.5 Å². The second kappa shape index (κ2) is 8.49. The Hall–Kier alpha value is -3.18. The largest absolute Gasteiger partial charge is 0.440 e. The van der Waals surface area contributed by atoms with Crippen molar-refractivity contribution in [3.8, 4) is 0 Å². The number of piperidine rings is 1. The summed E-state index contributed by atoms with van der Waals surface area (Å²) < 4.78 is 7.69. The highest BCUT2D eigenvalue weighted by atomic mass is 31.1. The van der Waals surface area contributed by atoms with Crippen LogP contribution in [-0.4, -0.2) is 41.9 Å². The summed E-state index contributed by atoms with van der Waals surface area (Å²) >= 11 is 0. The quantitative estimate of drug-likeness (QED) is 0.436. The van der Waals surface area contributed by atoms with Crippen molar-refractivity contribution in [3.63, 3.8) is 0 Å². The lowest BCUT2D eigenvalue weighted by molar-refractivity contribution is 0.0999. The Kier molecular flexibility index (Phi) is 5.71. The summed E-state index contributed by atoms with van der Waals surface area (Å²) in [5.41, 5.74) is 9.53. The number of aryl methyl sites for hydroxylation is 2. The Morgan fingerprint density at radius 1 is 1.14 bits per heavy atom. The molecule has 3 heterocycles. The van der Waals surface area contributed by atoms with E-state index in [4.69, 9.17) is 15.1 Å². The maximum absolute atomic E-state index is 13.2. The molecule has 1 aliphatic heterocycles. The first-order chi connectivity index (χ1) is 16.6. The molecule has 2 N–H and O–H groups in total. The lowest BCUT2D eigenvalue weighted by atomic mass is 9.80. The molecule has 7 nitrogen and oxygen atoms in total. The zero-order valence-corrected chi connectivity index (χ0v) is 21.8. The zero-order valence-electron chi connectivity index (χ0n) is 20.9. The van der Waals surface area contributed by atoms with Gasteiger partial charge in [-0.05, 0) is 68.2 Å². The Morgan fingerprint density at radius 2 is 1.86 bits per heavy atom. The summed E-state index contributed by atoms with van der Waals surface area (Å²) in [5, 5.41) is 2.11. The van der Waals surface area contributed by atoms with Crippen molar-refractivity contribution >= 4 is 46.8 Å². The van der Waals surface area contributed by atoms with E-state index in [2.05, 4.69) is 37.3 Å². The van der Waals surface area contributed by atoms with Gasteiger partial charge >= 0.3 is 0 Å². The number of hydrogen-bond acceptors (Lipinski definition) is 5. The van der Waals surface area contributed by atoms with E-state index in [0.717, 1.165) is 46.3 Å². The van der Waals surface area contributed by atoms with Crippen molar-refractivity contribution < 1.29 is 9.21 Å². The van der Waals surface area contributed by atoms with Crippen molar-refractivity contribution in [3.05, 3.63) is 63.8 Å². The van der Waals surface area contributed by atoms with Gasteiger partial charge in [-0.15, -0.1) is 0 Å². The lowest BCUT2D eigenvalue weighted by Crippen LogP contribution is -2.43. The number of rotatable bonds is 4. The van der Waals surface area contributed by atoms with Crippen molar-refractivity contribution in [2.24, 2.45) is 12.8 Å². The van der Waals surface area contributed by atoms with E-state index in [-0.39, 0.29) is 24.5 Å². The standard InChI is InChI=1S/C27H31N4O3P/c1-16-6-9-21-19(14-16)29-26(34-21)27(2)10-12-31(13-11-27)23-18-15-17(35(4)5)7-8-20(18)30(3)25(33)22(23)24(28)32/h6-9,14-15H,10-13H2,1-5H3,(H2,28,32). The van der Waals surface area contributed by atoms with Gasteiger partial charge in [-0.25, -0.2) is 4.98 Å². The van der Waals surface area contributed by atoms with Crippen LogP contribution in [0.15, 0.2) is 45.6 Å². The number of fused-ring (bicyclic) bond motifs is 2. The van der Waals surface area contributed by atoms with E-state index in [9.17, 15) is 9.59 Å². The molecule has 0 atom stereocenters. The number of pyridine rings is 1. The number of aromatic nitrogens is 2. The summed E-state index contributed by atoms with van der Waals surface area (Å²) in [6, 6.07) is 12.2. The minimum Gasteiger partial charge on any atom is -0.440 e. The topological polar surface area (TPSA) is 94.4 Å². The monoisotopic (exact) mass is 490 g/mol. The first-order valence-corrected chi connectivity index (χ1v) is 14.1. The minimum atomic E-state index is -0.689. The smallest absolute Gasteiger partial charge is 0.265 e. The van der Waals surface area contributed by atoms with Gasteiger partial charge in [0, 0.05) is 30.9 Å². The Bertz CT molecular complexity index is 1530. The average Bonchev–Trinajstić information content (AvgIpc) is 3.25. The number of carbonyl (C=O) groups excluding carboxylic acids is 1. The van der Waals surface area contributed by atoms with Gasteiger partial charge < -0.3 is 19.6 Å². The van der Waals surface area contributed by atoms with Gasteiger partial charge in [0.05, 0.1) is 11.2 Å². The maximum atomic E-state index is 13.2. The summed E-state index contributed by atoms with van der Waals surface area (Å²) in [5.74, 6) is 0.0532. The molecule has 4 aromatic rings. The third kappa shape index (κ3) is 3.92.